The van der Waals surface area contributed by atoms with E-state index in [9.17, 15) is 9.59 Å². The minimum absolute atomic E-state index is 0.0000410. The van der Waals surface area contributed by atoms with E-state index in [1.165, 1.54) is 23.7 Å². The third-order valence-corrected chi connectivity index (χ3v) is 7.78. The molecule has 0 bridgehead atoms. The van der Waals surface area contributed by atoms with Crippen molar-refractivity contribution in [3.05, 3.63) is 34.2 Å². The van der Waals surface area contributed by atoms with Crippen molar-refractivity contribution >= 4 is 51.4 Å². The van der Waals surface area contributed by atoms with E-state index in [2.05, 4.69) is 30.1 Å². The molecule has 1 N–H and O–H groups in total. The maximum absolute atomic E-state index is 13.7. The minimum Gasteiger partial charge on any atom is -0.307 e. The van der Waals surface area contributed by atoms with Gasteiger partial charge < -0.3 is 10.2 Å². The molecule has 6 heteroatoms. The van der Waals surface area contributed by atoms with Crippen molar-refractivity contribution < 1.29 is 9.59 Å². The Bertz CT molecular complexity index is 942. The molecule has 1 aromatic rings. The van der Waals surface area contributed by atoms with E-state index in [4.69, 9.17) is 12.2 Å². The van der Waals surface area contributed by atoms with Gasteiger partial charge in [-0.05, 0) is 30.2 Å². The first-order chi connectivity index (χ1) is 12.8. The zero-order valence-corrected chi connectivity index (χ0v) is 17.2. The standard InChI is InChI=1S/C21H22N2O2S2/c1-20(2)11-21(9-4-3-5-10-21)23-15-12(7-6-8-13(15)20)14(18(23)25)16-17(24)22-19(26)27-16/h6-8H,3-5,9-11H2,1-2H3,(H,22,24,26). The number of amides is 2. The van der Waals surface area contributed by atoms with E-state index < -0.39 is 0 Å². The second-order valence-corrected chi connectivity index (χ2v) is 10.4. The summed E-state index contributed by atoms with van der Waals surface area (Å²) >= 11 is 6.38. The van der Waals surface area contributed by atoms with Crippen molar-refractivity contribution in [3.8, 4) is 0 Å². The molecule has 1 spiro atoms. The Balaban J connectivity index is 1.79. The fourth-order valence-electron chi connectivity index (χ4n) is 5.62. The Morgan fingerprint density at radius 3 is 2.56 bits per heavy atom. The molecule has 5 rings (SSSR count). The lowest BCUT2D eigenvalue weighted by molar-refractivity contribution is -0.117. The van der Waals surface area contributed by atoms with Gasteiger partial charge in [0.1, 0.15) is 4.32 Å². The van der Waals surface area contributed by atoms with Crippen LogP contribution in [0.4, 0.5) is 5.69 Å². The normalized spacial score (nSPS) is 27.9. The van der Waals surface area contributed by atoms with E-state index in [1.54, 1.807) is 0 Å². The number of anilines is 1. The number of nitrogens with zero attached hydrogens (tertiary/aromatic N) is 1. The lowest BCUT2D eigenvalue weighted by atomic mass is 9.64. The van der Waals surface area contributed by atoms with E-state index in [-0.39, 0.29) is 22.8 Å². The van der Waals surface area contributed by atoms with Crippen LogP contribution in [0.25, 0.3) is 5.57 Å². The van der Waals surface area contributed by atoms with Gasteiger partial charge in [-0.1, -0.05) is 75.3 Å². The summed E-state index contributed by atoms with van der Waals surface area (Å²) in [6.45, 7) is 4.58. The van der Waals surface area contributed by atoms with Crippen LogP contribution in [0, 0.1) is 0 Å². The summed E-state index contributed by atoms with van der Waals surface area (Å²) < 4.78 is 0.425. The quantitative estimate of drug-likeness (QED) is 0.524. The molecule has 27 heavy (non-hydrogen) atoms. The number of fused-ring (bicyclic) bond motifs is 1. The monoisotopic (exact) mass is 398 g/mol. The highest BCUT2D eigenvalue weighted by Gasteiger charge is 2.55. The Morgan fingerprint density at radius 2 is 1.89 bits per heavy atom. The second kappa shape index (κ2) is 5.67. The van der Waals surface area contributed by atoms with Gasteiger partial charge in [0, 0.05) is 11.1 Å². The van der Waals surface area contributed by atoms with Crippen LogP contribution in [0.15, 0.2) is 23.1 Å². The average Bonchev–Trinajstić information content (AvgIpc) is 3.09. The number of nitrogens with one attached hydrogen (secondary N) is 1. The maximum atomic E-state index is 13.7. The molecule has 1 aromatic carbocycles. The zero-order chi connectivity index (χ0) is 19.0. The van der Waals surface area contributed by atoms with Crippen LogP contribution in [0.1, 0.15) is 63.5 Å². The van der Waals surface area contributed by atoms with E-state index >= 15 is 0 Å². The van der Waals surface area contributed by atoms with Crippen molar-refractivity contribution in [1.29, 1.82) is 0 Å². The highest BCUT2D eigenvalue weighted by Crippen LogP contribution is 2.58. The number of rotatable bonds is 0. The first-order valence-corrected chi connectivity index (χ1v) is 10.8. The van der Waals surface area contributed by atoms with E-state index in [1.807, 2.05) is 12.1 Å². The van der Waals surface area contributed by atoms with Crippen molar-refractivity contribution in [3.63, 3.8) is 0 Å². The number of benzene rings is 1. The van der Waals surface area contributed by atoms with Gasteiger partial charge >= 0.3 is 0 Å². The molecule has 0 radical (unpaired) electrons. The minimum atomic E-state index is -0.247. The molecule has 0 aromatic heterocycles. The summed E-state index contributed by atoms with van der Waals surface area (Å²) in [6, 6.07) is 6.16. The topological polar surface area (TPSA) is 49.4 Å². The first-order valence-electron chi connectivity index (χ1n) is 9.60. The number of carbonyl (C=O) groups is 2. The van der Waals surface area contributed by atoms with Gasteiger partial charge in [0.2, 0.25) is 0 Å². The number of thiocarbonyl (C=S) groups is 1. The zero-order valence-electron chi connectivity index (χ0n) is 15.6. The molecule has 2 fully saturated rings. The van der Waals surface area contributed by atoms with Crippen LogP contribution in [0.5, 0.6) is 0 Å². The Labute approximate surface area is 168 Å². The molecule has 2 amide bonds. The van der Waals surface area contributed by atoms with E-state index in [0.29, 0.717) is 14.8 Å². The molecule has 140 valence electrons. The van der Waals surface area contributed by atoms with Gasteiger partial charge in [-0.2, -0.15) is 0 Å². The van der Waals surface area contributed by atoms with Crippen LogP contribution >= 0.6 is 24.0 Å². The number of hydrogen-bond donors (Lipinski definition) is 1. The van der Waals surface area contributed by atoms with Crippen molar-refractivity contribution in [2.45, 2.75) is 63.3 Å². The van der Waals surface area contributed by atoms with Crippen molar-refractivity contribution in [2.75, 3.05) is 4.90 Å². The summed E-state index contributed by atoms with van der Waals surface area (Å²) in [6.07, 6.45) is 6.60. The average molecular weight is 399 g/mol. The molecule has 3 heterocycles. The predicted molar refractivity (Wildman–Crippen MR) is 113 cm³/mol. The Hall–Kier alpha value is -1.66. The largest absolute Gasteiger partial charge is 0.307 e. The highest BCUT2D eigenvalue weighted by atomic mass is 32.2. The van der Waals surface area contributed by atoms with Gasteiger partial charge in [0.25, 0.3) is 11.8 Å². The lowest BCUT2D eigenvalue weighted by Gasteiger charge is -2.53. The molecular formula is C21H22N2O2S2. The number of hydrogen-bond acceptors (Lipinski definition) is 4. The third-order valence-electron chi connectivity index (χ3n) is 6.55. The Morgan fingerprint density at radius 1 is 1.15 bits per heavy atom. The Kier molecular flexibility index (Phi) is 3.66. The van der Waals surface area contributed by atoms with Gasteiger partial charge in [0.05, 0.1) is 16.2 Å². The SMILES string of the molecule is CC1(C)CC2(CCCCC2)N2C(=O)C(=C3SC(=S)NC3=O)c3cccc1c32. The third kappa shape index (κ3) is 2.32. The van der Waals surface area contributed by atoms with Gasteiger partial charge in [-0.3, -0.25) is 9.59 Å². The first kappa shape index (κ1) is 17.4. The highest BCUT2D eigenvalue weighted by molar-refractivity contribution is 8.27. The lowest BCUT2D eigenvalue weighted by Crippen LogP contribution is -2.57. The molecule has 3 aliphatic heterocycles. The summed E-state index contributed by atoms with van der Waals surface area (Å²) in [5, 5.41) is 2.67. The molecular weight excluding hydrogens is 376 g/mol. The molecule has 1 aliphatic carbocycles. The van der Waals surface area contributed by atoms with Crippen LogP contribution < -0.4 is 10.2 Å². The second-order valence-electron chi connectivity index (χ2n) is 8.74. The molecule has 0 unspecified atom stereocenters. The fourth-order valence-corrected chi connectivity index (χ4v) is 6.73. The van der Waals surface area contributed by atoms with E-state index in [0.717, 1.165) is 43.4 Å². The number of carbonyl (C=O) groups excluding carboxylic acids is 2. The van der Waals surface area contributed by atoms with Crippen LogP contribution in [0.2, 0.25) is 0 Å². The molecule has 1 saturated carbocycles. The predicted octanol–water partition coefficient (Wildman–Crippen LogP) is 4.28. The molecule has 4 aliphatic rings. The fraction of sp³-hybridized carbons (Fsp3) is 0.476. The van der Waals surface area contributed by atoms with Crippen molar-refractivity contribution in [1.82, 2.24) is 5.32 Å². The maximum Gasteiger partial charge on any atom is 0.264 e. The van der Waals surface area contributed by atoms with Crippen LogP contribution in [0.3, 0.4) is 0 Å². The summed E-state index contributed by atoms with van der Waals surface area (Å²) in [4.78, 5) is 28.7. The van der Waals surface area contributed by atoms with Gasteiger partial charge in [-0.25, -0.2) is 0 Å². The van der Waals surface area contributed by atoms with Crippen LogP contribution in [-0.2, 0) is 15.0 Å². The van der Waals surface area contributed by atoms with Crippen LogP contribution in [-0.4, -0.2) is 21.7 Å². The van der Waals surface area contributed by atoms with Gasteiger partial charge in [-0.15, -0.1) is 0 Å². The molecule has 4 nitrogen and oxygen atoms in total. The smallest absolute Gasteiger partial charge is 0.264 e. The summed E-state index contributed by atoms with van der Waals surface area (Å²) in [5.41, 5.74) is 3.56. The molecule has 0 atom stereocenters. The number of para-hydroxylation sites is 1. The number of thioether (sulfide) groups is 1. The van der Waals surface area contributed by atoms with Gasteiger partial charge in [0.15, 0.2) is 0 Å². The molecule has 1 saturated heterocycles. The summed E-state index contributed by atoms with van der Waals surface area (Å²) in [5.74, 6) is -0.264. The summed E-state index contributed by atoms with van der Waals surface area (Å²) in [7, 11) is 0. The van der Waals surface area contributed by atoms with Crippen molar-refractivity contribution in [2.24, 2.45) is 0 Å².